The maximum atomic E-state index is 11.8. The van der Waals surface area contributed by atoms with Crippen molar-refractivity contribution in [3.05, 3.63) is 29.8 Å². The van der Waals surface area contributed by atoms with Gasteiger partial charge in [-0.25, -0.2) is 0 Å². The molecule has 0 aliphatic carbocycles. The highest BCUT2D eigenvalue weighted by molar-refractivity contribution is 8.12. The first-order valence-corrected chi connectivity index (χ1v) is 5.33. The summed E-state index contributed by atoms with van der Waals surface area (Å²) in [7, 11) is 0. The maximum absolute atomic E-state index is 11.8. The molecule has 0 saturated heterocycles. The molecule has 16 heavy (non-hydrogen) atoms. The molecule has 6 heteroatoms. The first-order chi connectivity index (χ1) is 7.37. The van der Waals surface area contributed by atoms with E-state index in [0.29, 0.717) is 5.75 Å². The first kappa shape index (κ1) is 12.9. The Balaban J connectivity index is 2.57. The number of carbonyl (C=O) groups excluding carboxylic acids is 1. The molecule has 0 heterocycles. The lowest BCUT2D eigenvalue weighted by atomic mass is 10.2. The van der Waals surface area contributed by atoms with E-state index in [1.54, 1.807) is 0 Å². The Morgan fingerprint density at radius 2 is 1.88 bits per heavy atom. The molecule has 0 amide bonds. The van der Waals surface area contributed by atoms with E-state index >= 15 is 0 Å². The standard InChI is InChI=1S/C10H9F3O2S/c1-7(14)16-6-8-2-4-9(5-3-8)15-10(11,12)13/h2-5H,6H2,1H3. The number of carbonyl (C=O) groups is 1. The average molecular weight is 250 g/mol. The van der Waals surface area contributed by atoms with Crippen molar-refractivity contribution in [3.8, 4) is 5.75 Å². The molecule has 2 nitrogen and oxygen atoms in total. The second-order valence-corrected chi connectivity index (χ2v) is 4.12. The number of thioether (sulfide) groups is 1. The minimum atomic E-state index is -4.67. The monoisotopic (exact) mass is 250 g/mol. The van der Waals surface area contributed by atoms with Crippen LogP contribution in [0.2, 0.25) is 0 Å². The zero-order valence-electron chi connectivity index (χ0n) is 8.38. The lowest BCUT2D eigenvalue weighted by molar-refractivity contribution is -0.274. The summed E-state index contributed by atoms with van der Waals surface area (Å²) in [5, 5.41) is -0.0318. The van der Waals surface area contributed by atoms with Crippen LogP contribution < -0.4 is 4.74 Å². The summed E-state index contributed by atoms with van der Waals surface area (Å²) in [5.41, 5.74) is 0.773. The van der Waals surface area contributed by atoms with Crippen LogP contribution in [0, 0.1) is 0 Å². The van der Waals surface area contributed by atoms with Gasteiger partial charge in [-0.15, -0.1) is 13.2 Å². The van der Waals surface area contributed by atoms with Crippen molar-refractivity contribution >= 4 is 16.9 Å². The third kappa shape index (κ3) is 5.06. The molecule has 0 fully saturated rings. The number of hydrogen-bond donors (Lipinski definition) is 0. The summed E-state index contributed by atoms with van der Waals surface area (Å²) in [6.45, 7) is 1.44. The Labute approximate surface area is 94.8 Å². The fraction of sp³-hybridized carbons (Fsp3) is 0.300. The lowest BCUT2D eigenvalue weighted by Crippen LogP contribution is -2.16. The van der Waals surface area contributed by atoms with Crippen LogP contribution in [0.1, 0.15) is 12.5 Å². The molecule has 0 radical (unpaired) electrons. The number of halogens is 3. The maximum Gasteiger partial charge on any atom is 0.573 e. The fourth-order valence-electron chi connectivity index (χ4n) is 0.972. The van der Waals surface area contributed by atoms with E-state index in [9.17, 15) is 18.0 Å². The van der Waals surface area contributed by atoms with Gasteiger partial charge in [-0.2, -0.15) is 0 Å². The minimum Gasteiger partial charge on any atom is -0.406 e. The van der Waals surface area contributed by atoms with Crippen LogP contribution in [0.4, 0.5) is 13.2 Å². The van der Waals surface area contributed by atoms with Gasteiger partial charge in [0.2, 0.25) is 0 Å². The molecular weight excluding hydrogens is 241 g/mol. The molecule has 0 atom stereocenters. The van der Waals surface area contributed by atoms with Crippen LogP contribution >= 0.6 is 11.8 Å². The number of benzene rings is 1. The molecule has 1 rings (SSSR count). The summed E-state index contributed by atoms with van der Waals surface area (Å²) in [6.07, 6.45) is -4.67. The number of hydrogen-bond acceptors (Lipinski definition) is 3. The van der Waals surface area contributed by atoms with Gasteiger partial charge in [0.05, 0.1) is 0 Å². The van der Waals surface area contributed by atoms with E-state index in [-0.39, 0.29) is 10.9 Å². The summed E-state index contributed by atoms with van der Waals surface area (Å²) in [4.78, 5) is 10.7. The number of rotatable bonds is 3. The van der Waals surface area contributed by atoms with Crippen molar-refractivity contribution < 1.29 is 22.7 Å². The summed E-state index contributed by atoms with van der Waals surface area (Å²) in [6, 6.07) is 5.45. The minimum absolute atomic E-state index is 0.0318. The Kier molecular flexibility index (Phi) is 4.23. The first-order valence-electron chi connectivity index (χ1n) is 4.35. The van der Waals surface area contributed by atoms with Crippen molar-refractivity contribution in [1.82, 2.24) is 0 Å². The molecule has 88 valence electrons. The second-order valence-electron chi connectivity index (χ2n) is 2.97. The molecule has 0 aliphatic heterocycles. The second kappa shape index (κ2) is 5.25. The normalized spacial score (nSPS) is 11.2. The number of alkyl halides is 3. The van der Waals surface area contributed by atoms with Crippen molar-refractivity contribution in [2.75, 3.05) is 0 Å². The lowest BCUT2D eigenvalue weighted by Gasteiger charge is -2.08. The van der Waals surface area contributed by atoms with Crippen molar-refractivity contribution in [2.45, 2.75) is 19.0 Å². The Morgan fingerprint density at radius 3 is 2.31 bits per heavy atom. The van der Waals surface area contributed by atoms with Crippen LogP contribution in [0.15, 0.2) is 24.3 Å². The SMILES string of the molecule is CC(=O)SCc1ccc(OC(F)(F)F)cc1. The van der Waals surface area contributed by atoms with Crippen LogP contribution in [0.5, 0.6) is 5.75 Å². The van der Waals surface area contributed by atoms with Crippen molar-refractivity contribution in [2.24, 2.45) is 0 Å². The molecular formula is C10H9F3O2S. The Hall–Kier alpha value is -1.17. The Bertz CT molecular complexity index is 359. The van der Waals surface area contributed by atoms with Gasteiger partial charge in [0.25, 0.3) is 0 Å². The summed E-state index contributed by atoms with van der Waals surface area (Å²) < 4.78 is 39.2. The molecule has 0 unspecified atom stereocenters. The highest BCUT2D eigenvalue weighted by Gasteiger charge is 2.30. The molecule has 0 spiro atoms. The average Bonchev–Trinajstić information content (AvgIpc) is 2.14. The van der Waals surface area contributed by atoms with E-state index in [1.807, 2.05) is 0 Å². The van der Waals surface area contributed by atoms with Gasteiger partial charge in [-0.3, -0.25) is 4.79 Å². The van der Waals surface area contributed by atoms with Crippen LogP contribution in [0.3, 0.4) is 0 Å². The zero-order valence-corrected chi connectivity index (χ0v) is 9.19. The van der Waals surface area contributed by atoms with Crippen LogP contribution in [0.25, 0.3) is 0 Å². The predicted octanol–water partition coefficient (Wildman–Crippen LogP) is 3.36. The van der Waals surface area contributed by atoms with Crippen molar-refractivity contribution in [3.63, 3.8) is 0 Å². The van der Waals surface area contributed by atoms with Gasteiger partial charge >= 0.3 is 6.36 Å². The van der Waals surface area contributed by atoms with Gasteiger partial charge in [-0.1, -0.05) is 23.9 Å². The van der Waals surface area contributed by atoms with Crippen LogP contribution in [-0.4, -0.2) is 11.5 Å². The van der Waals surface area contributed by atoms with Gasteiger partial charge in [0.15, 0.2) is 5.12 Å². The molecule has 0 N–H and O–H groups in total. The summed E-state index contributed by atoms with van der Waals surface area (Å²) >= 11 is 1.10. The molecule has 0 saturated carbocycles. The third-order valence-electron chi connectivity index (χ3n) is 1.60. The molecule has 0 aliphatic rings. The highest BCUT2D eigenvalue weighted by atomic mass is 32.2. The molecule has 0 aromatic heterocycles. The van der Waals surface area contributed by atoms with E-state index in [4.69, 9.17) is 0 Å². The van der Waals surface area contributed by atoms with Gasteiger partial charge in [0, 0.05) is 12.7 Å². The van der Waals surface area contributed by atoms with Gasteiger partial charge in [-0.05, 0) is 17.7 Å². The molecule has 1 aromatic carbocycles. The van der Waals surface area contributed by atoms with Crippen LogP contribution in [-0.2, 0) is 10.5 Å². The van der Waals surface area contributed by atoms with Gasteiger partial charge in [0.1, 0.15) is 5.75 Å². The number of ether oxygens (including phenoxy) is 1. The smallest absolute Gasteiger partial charge is 0.406 e. The van der Waals surface area contributed by atoms with E-state index in [1.165, 1.54) is 31.2 Å². The largest absolute Gasteiger partial charge is 0.573 e. The molecule has 1 aromatic rings. The van der Waals surface area contributed by atoms with Crippen molar-refractivity contribution in [1.29, 1.82) is 0 Å². The fourth-order valence-corrected chi connectivity index (χ4v) is 1.53. The third-order valence-corrected chi connectivity index (χ3v) is 2.48. The van der Waals surface area contributed by atoms with E-state index in [2.05, 4.69) is 4.74 Å². The van der Waals surface area contributed by atoms with Gasteiger partial charge < -0.3 is 4.74 Å². The van der Waals surface area contributed by atoms with E-state index < -0.39 is 6.36 Å². The molecule has 0 bridgehead atoms. The zero-order chi connectivity index (χ0) is 12.2. The Morgan fingerprint density at radius 1 is 1.31 bits per heavy atom. The predicted molar refractivity (Wildman–Crippen MR) is 55.1 cm³/mol. The quantitative estimate of drug-likeness (QED) is 0.822. The topological polar surface area (TPSA) is 26.3 Å². The van der Waals surface area contributed by atoms with E-state index in [0.717, 1.165) is 17.3 Å². The highest BCUT2D eigenvalue weighted by Crippen LogP contribution is 2.23. The summed E-state index contributed by atoms with van der Waals surface area (Å²) in [5.74, 6) is 0.186.